The Balaban J connectivity index is 1.62. The van der Waals surface area contributed by atoms with E-state index in [0.29, 0.717) is 6.04 Å². The summed E-state index contributed by atoms with van der Waals surface area (Å²) in [6.45, 7) is 6.87. The van der Waals surface area contributed by atoms with Crippen LogP contribution < -0.4 is 15.5 Å². The number of ether oxygens (including phenoxy) is 1. The number of rotatable bonds is 8. The fraction of sp³-hybridized carbons (Fsp3) is 0.706. The van der Waals surface area contributed by atoms with Crippen molar-refractivity contribution in [3.63, 3.8) is 0 Å². The van der Waals surface area contributed by atoms with Crippen LogP contribution in [0, 0.1) is 0 Å². The molecule has 0 bridgehead atoms. The Labute approximate surface area is 144 Å². The quantitative estimate of drug-likeness (QED) is 0.435. The highest BCUT2D eigenvalue weighted by molar-refractivity contribution is 7.14. The highest BCUT2D eigenvalue weighted by Gasteiger charge is 2.20. The maximum absolute atomic E-state index is 5.35. The van der Waals surface area contributed by atoms with E-state index in [0.717, 1.165) is 64.5 Å². The van der Waals surface area contributed by atoms with Crippen LogP contribution in [-0.2, 0) is 4.74 Å². The summed E-state index contributed by atoms with van der Waals surface area (Å²) in [5.74, 6) is 0.927. The molecule has 0 saturated carbocycles. The Kier molecular flexibility index (Phi) is 8.25. The number of hydrogen-bond donors (Lipinski definition) is 2. The van der Waals surface area contributed by atoms with Gasteiger partial charge in [0.25, 0.3) is 0 Å². The minimum absolute atomic E-state index is 0.515. The summed E-state index contributed by atoms with van der Waals surface area (Å²) < 4.78 is 5.35. The van der Waals surface area contributed by atoms with Crippen molar-refractivity contribution in [2.24, 2.45) is 4.99 Å². The summed E-state index contributed by atoms with van der Waals surface area (Å²) in [6.07, 6.45) is 4.51. The maximum Gasteiger partial charge on any atom is 0.191 e. The fourth-order valence-corrected chi connectivity index (χ4v) is 3.55. The first-order valence-corrected chi connectivity index (χ1v) is 9.54. The van der Waals surface area contributed by atoms with Gasteiger partial charge in [-0.25, -0.2) is 0 Å². The first-order chi connectivity index (χ1) is 11.3. The van der Waals surface area contributed by atoms with Crippen molar-refractivity contribution < 1.29 is 4.74 Å². The lowest BCUT2D eigenvalue weighted by Gasteiger charge is -2.33. The lowest BCUT2D eigenvalue weighted by atomic mass is 10.1. The number of piperidine rings is 1. The van der Waals surface area contributed by atoms with Crippen LogP contribution in [0.25, 0.3) is 0 Å². The zero-order chi connectivity index (χ0) is 16.3. The van der Waals surface area contributed by atoms with E-state index >= 15 is 0 Å². The highest BCUT2D eigenvalue weighted by Crippen LogP contribution is 2.24. The number of nitrogens with zero attached hydrogens (tertiary/aromatic N) is 2. The molecule has 23 heavy (non-hydrogen) atoms. The maximum atomic E-state index is 5.35. The molecule has 1 aromatic heterocycles. The van der Waals surface area contributed by atoms with Crippen LogP contribution in [0.2, 0.25) is 0 Å². The summed E-state index contributed by atoms with van der Waals surface area (Å²) in [6, 6.07) is 4.85. The zero-order valence-electron chi connectivity index (χ0n) is 14.4. The molecule has 0 aromatic carbocycles. The third-order valence-electron chi connectivity index (χ3n) is 4.09. The monoisotopic (exact) mass is 338 g/mol. The van der Waals surface area contributed by atoms with E-state index in [1.807, 2.05) is 25.3 Å². The second-order valence-electron chi connectivity index (χ2n) is 5.76. The standard InChI is InChI=1S/C17H30N4OS/c1-3-22-13-5-4-10-19-17(18-2)20-15-8-11-21(12-9-15)16-7-6-14-23-16/h6-7,14-15H,3-5,8-13H2,1-2H3,(H2,18,19,20). The van der Waals surface area contributed by atoms with Crippen LogP contribution in [0.5, 0.6) is 0 Å². The zero-order valence-corrected chi connectivity index (χ0v) is 15.2. The van der Waals surface area contributed by atoms with Crippen LogP contribution in [0.3, 0.4) is 0 Å². The van der Waals surface area contributed by atoms with E-state index in [1.165, 1.54) is 5.00 Å². The number of nitrogens with one attached hydrogen (secondary N) is 2. The molecule has 0 unspecified atom stereocenters. The normalized spacial score (nSPS) is 16.6. The SMILES string of the molecule is CCOCCCCNC(=NC)NC1CCN(c2cccs2)CC1. The third-order valence-corrected chi connectivity index (χ3v) is 5.02. The van der Waals surface area contributed by atoms with Crippen molar-refractivity contribution in [1.29, 1.82) is 0 Å². The average Bonchev–Trinajstić information content (AvgIpc) is 3.12. The summed E-state index contributed by atoms with van der Waals surface area (Å²) in [5, 5.41) is 10.5. The molecule has 1 aromatic rings. The van der Waals surface area contributed by atoms with Gasteiger partial charge < -0.3 is 20.3 Å². The Bertz CT molecular complexity index is 441. The van der Waals surface area contributed by atoms with E-state index in [-0.39, 0.29) is 0 Å². The first-order valence-electron chi connectivity index (χ1n) is 8.67. The number of anilines is 1. The molecule has 2 N–H and O–H groups in total. The van der Waals surface area contributed by atoms with E-state index in [9.17, 15) is 0 Å². The topological polar surface area (TPSA) is 48.9 Å². The van der Waals surface area contributed by atoms with Crippen LogP contribution in [-0.4, -0.2) is 51.9 Å². The Morgan fingerprint density at radius 2 is 2.22 bits per heavy atom. The summed E-state index contributed by atoms with van der Waals surface area (Å²) in [7, 11) is 1.84. The van der Waals surface area contributed by atoms with E-state index in [1.54, 1.807) is 0 Å². The van der Waals surface area contributed by atoms with Crippen LogP contribution in [0.15, 0.2) is 22.5 Å². The van der Waals surface area contributed by atoms with Crippen molar-refractivity contribution in [2.75, 3.05) is 44.8 Å². The minimum Gasteiger partial charge on any atom is -0.382 e. The molecule has 6 heteroatoms. The van der Waals surface area contributed by atoms with Crippen LogP contribution in [0.4, 0.5) is 5.00 Å². The first kappa shape index (κ1) is 18.1. The second kappa shape index (κ2) is 10.5. The summed E-state index contributed by atoms with van der Waals surface area (Å²) >= 11 is 1.83. The molecule has 0 atom stereocenters. The van der Waals surface area contributed by atoms with Gasteiger partial charge in [0.15, 0.2) is 5.96 Å². The van der Waals surface area contributed by atoms with Crippen molar-refractivity contribution >= 4 is 22.3 Å². The molecule has 0 radical (unpaired) electrons. The molecule has 130 valence electrons. The molecular formula is C17H30N4OS. The number of guanidine groups is 1. The Morgan fingerprint density at radius 3 is 2.87 bits per heavy atom. The van der Waals surface area contributed by atoms with Gasteiger partial charge in [-0.05, 0) is 50.1 Å². The molecule has 5 nitrogen and oxygen atoms in total. The largest absolute Gasteiger partial charge is 0.382 e. The molecule has 0 amide bonds. The highest BCUT2D eigenvalue weighted by atomic mass is 32.1. The second-order valence-corrected chi connectivity index (χ2v) is 6.69. The van der Waals surface area contributed by atoms with Crippen molar-refractivity contribution in [1.82, 2.24) is 10.6 Å². The van der Waals surface area contributed by atoms with Gasteiger partial charge in [0.1, 0.15) is 0 Å². The van der Waals surface area contributed by atoms with Gasteiger partial charge in [0.05, 0.1) is 5.00 Å². The third kappa shape index (κ3) is 6.39. The van der Waals surface area contributed by atoms with E-state index < -0.39 is 0 Å². The number of hydrogen-bond acceptors (Lipinski definition) is 4. The number of thiophene rings is 1. The predicted molar refractivity (Wildman–Crippen MR) is 99.8 cm³/mol. The molecule has 1 saturated heterocycles. The van der Waals surface area contributed by atoms with Gasteiger partial charge in [0, 0.05) is 45.9 Å². The number of unbranched alkanes of at least 4 members (excludes halogenated alkanes) is 1. The van der Waals surface area contributed by atoms with Crippen molar-refractivity contribution in [3.05, 3.63) is 17.5 Å². The van der Waals surface area contributed by atoms with Gasteiger partial charge in [-0.2, -0.15) is 0 Å². The van der Waals surface area contributed by atoms with Gasteiger partial charge in [-0.1, -0.05) is 0 Å². The van der Waals surface area contributed by atoms with Gasteiger partial charge in [-0.3, -0.25) is 4.99 Å². The lowest BCUT2D eigenvalue weighted by Crippen LogP contribution is -2.48. The van der Waals surface area contributed by atoms with E-state index in [2.05, 4.69) is 38.0 Å². The molecular weight excluding hydrogens is 308 g/mol. The minimum atomic E-state index is 0.515. The molecule has 1 fully saturated rings. The summed E-state index contributed by atoms with van der Waals surface area (Å²) in [5.41, 5.74) is 0. The van der Waals surface area contributed by atoms with E-state index in [4.69, 9.17) is 4.74 Å². The van der Waals surface area contributed by atoms with Gasteiger partial charge in [0.2, 0.25) is 0 Å². The number of aliphatic imine (C=N–C) groups is 1. The molecule has 2 rings (SSSR count). The Hall–Kier alpha value is -1.27. The van der Waals surface area contributed by atoms with Gasteiger partial charge in [-0.15, -0.1) is 11.3 Å². The van der Waals surface area contributed by atoms with Crippen molar-refractivity contribution in [2.45, 2.75) is 38.6 Å². The average molecular weight is 339 g/mol. The predicted octanol–water partition coefficient (Wildman–Crippen LogP) is 2.70. The van der Waals surface area contributed by atoms with Crippen LogP contribution >= 0.6 is 11.3 Å². The smallest absolute Gasteiger partial charge is 0.191 e. The Morgan fingerprint density at radius 1 is 1.39 bits per heavy atom. The molecule has 2 heterocycles. The van der Waals surface area contributed by atoms with Crippen LogP contribution in [0.1, 0.15) is 32.6 Å². The van der Waals surface area contributed by atoms with Gasteiger partial charge >= 0.3 is 0 Å². The molecule has 0 aliphatic carbocycles. The molecule has 1 aliphatic heterocycles. The molecule has 0 spiro atoms. The van der Waals surface area contributed by atoms with Crippen molar-refractivity contribution in [3.8, 4) is 0 Å². The summed E-state index contributed by atoms with van der Waals surface area (Å²) in [4.78, 5) is 6.82. The fourth-order valence-electron chi connectivity index (χ4n) is 2.76. The lowest BCUT2D eigenvalue weighted by molar-refractivity contribution is 0.143. The molecule has 1 aliphatic rings.